The maximum absolute atomic E-state index is 12.5. The maximum Gasteiger partial charge on any atom is 0.407 e. The highest BCUT2D eigenvalue weighted by atomic mass is 16.6. The SMILES string of the molecule is CC(C)(C)OC(=O)N[C@H](Cc1ccccc1)C[C@H](O)[C@H](Cc1ccccc1)NC(=O)OC(C)(C)C. The monoisotopic (exact) mass is 484 g/mol. The Kier molecular flexibility index (Phi) is 10.1. The van der Waals surface area contributed by atoms with Gasteiger partial charge in [0.1, 0.15) is 11.2 Å². The van der Waals surface area contributed by atoms with E-state index in [2.05, 4.69) is 10.6 Å². The van der Waals surface area contributed by atoms with Gasteiger partial charge < -0.3 is 25.2 Å². The molecule has 0 aromatic heterocycles. The Bertz CT molecular complexity index is 920. The number of ether oxygens (including phenoxy) is 2. The predicted octanol–water partition coefficient (Wildman–Crippen LogP) is 5.01. The number of rotatable bonds is 9. The molecule has 0 bridgehead atoms. The Hall–Kier alpha value is -3.06. The molecule has 0 radical (unpaired) electrons. The van der Waals surface area contributed by atoms with E-state index in [1.165, 1.54) is 0 Å². The summed E-state index contributed by atoms with van der Waals surface area (Å²) >= 11 is 0. The Morgan fingerprint density at radius 3 is 1.63 bits per heavy atom. The number of carbonyl (C=O) groups excluding carboxylic acids is 2. The molecule has 0 aliphatic rings. The number of aliphatic hydroxyl groups is 1. The van der Waals surface area contributed by atoms with Crippen LogP contribution in [0.25, 0.3) is 0 Å². The van der Waals surface area contributed by atoms with Gasteiger partial charge in [-0.3, -0.25) is 0 Å². The largest absolute Gasteiger partial charge is 0.444 e. The van der Waals surface area contributed by atoms with Crippen LogP contribution in [0.5, 0.6) is 0 Å². The molecule has 0 unspecified atom stereocenters. The second kappa shape index (κ2) is 12.6. The second-order valence-corrected chi connectivity index (χ2v) is 10.8. The van der Waals surface area contributed by atoms with Crippen LogP contribution in [0.15, 0.2) is 60.7 Å². The zero-order valence-corrected chi connectivity index (χ0v) is 21.7. The van der Waals surface area contributed by atoms with E-state index < -0.39 is 41.6 Å². The minimum Gasteiger partial charge on any atom is -0.444 e. The van der Waals surface area contributed by atoms with Gasteiger partial charge in [-0.15, -0.1) is 0 Å². The first-order valence-electron chi connectivity index (χ1n) is 12.1. The zero-order valence-electron chi connectivity index (χ0n) is 21.7. The third-order valence-corrected chi connectivity index (χ3v) is 5.04. The van der Waals surface area contributed by atoms with Gasteiger partial charge in [-0.2, -0.15) is 0 Å². The van der Waals surface area contributed by atoms with Gasteiger partial charge in [-0.05, 0) is 71.9 Å². The summed E-state index contributed by atoms with van der Waals surface area (Å²) < 4.78 is 10.9. The number of aliphatic hydroxyl groups excluding tert-OH is 1. The molecule has 3 N–H and O–H groups in total. The number of amides is 2. The van der Waals surface area contributed by atoms with Gasteiger partial charge in [0, 0.05) is 6.04 Å². The van der Waals surface area contributed by atoms with E-state index >= 15 is 0 Å². The van der Waals surface area contributed by atoms with Gasteiger partial charge in [0.15, 0.2) is 0 Å². The molecule has 2 amide bonds. The van der Waals surface area contributed by atoms with E-state index in [-0.39, 0.29) is 6.42 Å². The van der Waals surface area contributed by atoms with Crippen LogP contribution in [0, 0.1) is 0 Å². The highest BCUT2D eigenvalue weighted by Gasteiger charge is 2.29. The van der Waals surface area contributed by atoms with Crippen molar-refractivity contribution in [2.75, 3.05) is 0 Å². The lowest BCUT2D eigenvalue weighted by atomic mass is 9.94. The van der Waals surface area contributed by atoms with Gasteiger partial charge in [0.2, 0.25) is 0 Å². The molecule has 0 spiro atoms. The molecule has 0 saturated carbocycles. The van der Waals surface area contributed by atoms with Crippen LogP contribution in [0.3, 0.4) is 0 Å². The molecule has 0 aliphatic heterocycles. The molecular weight excluding hydrogens is 444 g/mol. The van der Waals surface area contributed by atoms with Crippen molar-refractivity contribution in [3.8, 4) is 0 Å². The molecule has 2 aromatic rings. The summed E-state index contributed by atoms with van der Waals surface area (Å²) in [6, 6.07) is 18.3. The Morgan fingerprint density at radius 2 is 1.17 bits per heavy atom. The lowest BCUT2D eigenvalue weighted by Gasteiger charge is -2.30. The van der Waals surface area contributed by atoms with Crippen LogP contribution in [0.2, 0.25) is 0 Å². The highest BCUT2D eigenvalue weighted by molar-refractivity contribution is 5.68. The Balaban J connectivity index is 2.20. The molecule has 7 heteroatoms. The van der Waals surface area contributed by atoms with Gasteiger partial charge >= 0.3 is 12.2 Å². The van der Waals surface area contributed by atoms with E-state index in [1.807, 2.05) is 60.7 Å². The molecular formula is C28H40N2O5. The van der Waals surface area contributed by atoms with Crippen LogP contribution >= 0.6 is 0 Å². The minimum absolute atomic E-state index is 0.210. The predicted molar refractivity (Wildman–Crippen MR) is 137 cm³/mol. The molecule has 0 heterocycles. The van der Waals surface area contributed by atoms with Crippen molar-refractivity contribution in [1.82, 2.24) is 10.6 Å². The van der Waals surface area contributed by atoms with Gasteiger partial charge in [-0.25, -0.2) is 9.59 Å². The van der Waals surface area contributed by atoms with Gasteiger partial charge in [-0.1, -0.05) is 60.7 Å². The fourth-order valence-electron chi connectivity index (χ4n) is 3.63. The van der Waals surface area contributed by atoms with Crippen LogP contribution in [-0.4, -0.2) is 46.7 Å². The molecule has 2 aromatic carbocycles. The summed E-state index contributed by atoms with van der Waals surface area (Å²) in [7, 11) is 0. The quantitative estimate of drug-likeness (QED) is 0.465. The summed E-state index contributed by atoms with van der Waals surface area (Å²) in [6.07, 6.45) is -0.983. The summed E-state index contributed by atoms with van der Waals surface area (Å²) in [5.74, 6) is 0. The average Bonchev–Trinajstić information content (AvgIpc) is 2.72. The third-order valence-electron chi connectivity index (χ3n) is 5.04. The standard InChI is InChI=1S/C28H40N2O5/c1-27(2,3)34-25(32)29-22(17-20-13-9-7-10-14-20)19-24(31)23(18-21-15-11-8-12-16-21)30-26(33)35-28(4,5)6/h7-16,22-24,31H,17-19H2,1-6H3,(H,29,32)(H,30,33)/t22-,23+,24+/m1/s1. The summed E-state index contributed by atoms with van der Waals surface area (Å²) in [5.41, 5.74) is 0.668. The van der Waals surface area contributed by atoms with Crippen LogP contribution < -0.4 is 10.6 Å². The highest BCUT2D eigenvalue weighted by Crippen LogP contribution is 2.16. The molecule has 7 nitrogen and oxygen atoms in total. The van der Waals surface area contributed by atoms with Gasteiger partial charge in [0.05, 0.1) is 12.1 Å². The van der Waals surface area contributed by atoms with Gasteiger partial charge in [0.25, 0.3) is 0 Å². The molecule has 3 atom stereocenters. The molecule has 0 aliphatic carbocycles. The first kappa shape index (κ1) is 28.2. The van der Waals surface area contributed by atoms with Crippen molar-refractivity contribution in [2.24, 2.45) is 0 Å². The fraction of sp³-hybridized carbons (Fsp3) is 0.500. The second-order valence-electron chi connectivity index (χ2n) is 10.8. The lowest BCUT2D eigenvalue weighted by molar-refractivity contribution is 0.0365. The molecule has 0 saturated heterocycles. The van der Waals surface area contributed by atoms with E-state index in [0.717, 1.165) is 11.1 Å². The Morgan fingerprint density at radius 1 is 0.743 bits per heavy atom. The number of hydrogen-bond donors (Lipinski definition) is 3. The van der Waals surface area contributed by atoms with E-state index in [4.69, 9.17) is 9.47 Å². The van der Waals surface area contributed by atoms with Crippen molar-refractivity contribution in [2.45, 2.75) is 90.2 Å². The number of nitrogens with one attached hydrogen (secondary N) is 2. The van der Waals surface area contributed by atoms with E-state index in [9.17, 15) is 14.7 Å². The third kappa shape index (κ3) is 11.8. The molecule has 192 valence electrons. The first-order valence-corrected chi connectivity index (χ1v) is 12.1. The summed E-state index contributed by atoms with van der Waals surface area (Å²) in [6.45, 7) is 10.8. The van der Waals surface area contributed by atoms with Crippen molar-refractivity contribution in [3.63, 3.8) is 0 Å². The number of hydrogen-bond acceptors (Lipinski definition) is 5. The van der Waals surface area contributed by atoms with Crippen LogP contribution in [0.1, 0.15) is 59.1 Å². The topological polar surface area (TPSA) is 96.9 Å². The molecule has 0 fully saturated rings. The average molecular weight is 485 g/mol. The first-order chi connectivity index (χ1) is 16.3. The van der Waals surface area contributed by atoms with Crippen LogP contribution in [-0.2, 0) is 22.3 Å². The fourth-order valence-corrected chi connectivity index (χ4v) is 3.63. The normalized spacial score (nSPS) is 14.4. The summed E-state index contributed by atoms with van der Waals surface area (Å²) in [5, 5.41) is 17.0. The number of carbonyl (C=O) groups is 2. The molecule has 35 heavy (non-hydrogen) atoms. The summed E-state index contributed by atoms with van der Waals surface area (Å²) in [4.78, 5) is 25.1. The van der Waals surface area contributed by atoms with E-state index in [0.29, 0.717) is 12.8 Å². The minimum atomic E-state index is -0.952. The van der Waals surface area contributed by atoms with Crippen molar-refractivity contribution >= 4 is 12.2 Å². The van der Waals surface area contributed by atoms with Crippen molar-refractivity contribution in [1.29, 1.82) is 0 Å². The van der Waals surface area contributed by atoms with Crippen molar-refractivity contribution in [3.05, 3.63) is 71.8 Å². The smallest absolute Gasteiger partial charge is 0.407 e. The Labute approximate surface area is 209 Å². The lowest BCUT2D eigenvalue weighted by Crippen LogP contribution is -2.50. The van der Waals surface area contributed by atoms with Crippen LogP contribution in [0.4, 0.5) is 9.59 Å². The van der Waals surface area contributed by atoms with Crippen molar-refractivity contribution < 1.29 is 24.2 Å². The molecule has 2 rings (SSSR count). The maximum atomic E-state index is 12.5. The van der Waals surface area contributed by atoms with E-state index in [1.54, 1.807) is 41.5 Å². The number of alkyl carbamates (subject to hydrolysis) is 2. The zero-order chi connectivity index (χ0) is 26.1. The number of benzene rings is 2.